The first kappa shape index (κ1) is 33.5. The van der Waals surface area contributed by atoms with Gasteiger partial charge in [0.2, 0.25) is 0 Å². The standard InChI is InChI=1S/C39H42N4O6/c1-26(2)31-14-7-13-30(19-31)23-42-24-35(49-38(42)45)34-21-29-12-8-15-33(20-29)47-17-9-16-43(39(46)48-25-28-10-5-4-6-11-28)36-22-32(37(44)41-34)18-27(3)40-36/h4-8,10-15,18-20,22,26,34-35H,9,16-17,21,23-25H2,1-3H3,(H,41,44)/t34-,35+/m0/s1. The molecule has 6 rings (SSSR count). The molecule has 4 aromatic rings. The molecule has 1 aromatic heterocycles. The van der Waals surface area contributed by atoms with Gasteiger partial charge >= 0.3 is 12.2 Å². The monoisotopic (exact) mass is 662 g/mol. The molecule has 2 aliphatic heterocycles. The van der Waals surface area contributed by atoms with E-state index in [2.05, 4.69) is 36.3 Å². The molecule has 1 saturated heterocycles. The van der Waals surface area contributed by atoms with Gasteiger partial charge in [0.25, 0.3) is 5.91 Å². The Hall–Kier alpha value is -5.38. The predicted octanol–water partition coefficient (Wildman–Crippen LogP) is 6.80. The van der Waals surface area contributed by atoms with E-state index in [-0.39, 0.29) is 19.1 Å². The van der Waals surface area contributed by atoms with Crippen LogP contribution < -0.4 is 15.0 Å². The van der Waals surface area contributed by atoms with Crippen molar-refractivity contribution in [1.29, 1.82) is 0 Å². The molecule has 0 aliphatic carbocycles. The molecule has 2 aliphatic rings. The number of carbonyl (C=O) groups is 3. The van der Waals surface area contributed by atoms with Crippen LogP contribution in [0.2, 0.25) is 0 Å². The number of nitrogens with zero attached hydrogens (tertiary/aromatic N) is 3. The molecule has 4 bridgehead atoms. The summed E-state index contributed by atoms with van der Waals surface area (Å²) in [7, 11) is 0. The highest BCUT2D eigenvalue weighted by molar-refractivity contribution is 5.96. The van der Waals surface area contributed by atoms with E-state index in [1.165, 1.54) is 10.5 Å². The van der Waals surface area contributed by atoms with Crippen LogP contribution in [0.4, 0.5) is 15.4 Å². The van der Waals surface area contributed by atoms with Crippen LogP contribution in [0, 0.1) is 6.92 Å². The fraction of sp³-hybridized carbons (Fsp3) is 0.333. The van der Waals surface area contributed by atoms with Crippen molar-refractivity contribution in [3.05, 3.63) is 125 Å². The molecule has 3 aromatic carbocycles. The zero-order chi connectivity index (χ0) is 34.3. The number of cyclic esters (lactones) is 1. The summed E-state index contributed by atoms with van der Waals surface area (Å²) in [6.45, 7) is 7.48. The topological polar surface area (TPSA) is 110 Å². The minimum atomic E-state index is -0.600. The van der Waals surface area contributed by atoms with Gasteiger partial charge in [-0.1, -0.05) is 80.6 Å². The summed E-state index contributed by atoms with van der Waals surface area (Å²) in [5.41, 5.74) is 4.90. The van der Waals surface area contributed by atoms with E-state index in [9.17, 15) is 14.4 Å². The van der Waals surface area contributed by atoms with Gasteiger partial charge in [0, 0.05) is 24.3 Å². The summed E-state index contributed by atoms with van der Waals surface area (Å²) in [5, 5.41) is 3.15. The second-order valence-corrected chi connectivity index (χ2v) is 12.9. The molecule has 10 heteroatoms. The molecule has 254 valence electrons. The van der Waals surface area contributed by atoms with Gasteiger partial charge in [-0.2, -0.15) is 0 Å². The van der Waals surface area contributed by atoms with Crippen LogP contribution in [0.15, 0.2) is 91.0 Å². The van der Waals surface area contributed by atoms with E-state index in [0.717, 1.165) is 16.7 Å². The number of nitrogens with one attached hydrogen (secondary N) is 1. The summed E-state index contributed by atoms with van der Waals surface area (Å²) in [4.78, 5) is 48.3. The Balaban J connectivity index is 1.26. The quantitative estimate of drug-likeness (QED) is 0.242. The highest BCUT2D eigenvalue weighted by Gasteiger charge is 2.38. The highest BCUT2D eigenvalue weighted by Crippen LogP contribution is 2.25. The molecule has 49 heavy (non-hydrogen) atoms. The lowest BCUT2D eigenvalue weighted by atomic mass is 9.99. The summed E-state index contributed by atoms with van der Waals surface area (Å²) < 4.78 is 17.7. The normalized spacial score (nSPS) is 18.2. The third-order valence-electron chi connectivity index (χ3n) is 8.72. The lowest BCUT2D eigenvalue weighted by Gasteiger charge is -2.24. The number of rotatable bonds is 6. The maximum Gasteiger partial charge on any atom is 0.415 e. The Morgan fingerprint density at radius 3 is 2.59 bits per heavy atom. The zero-order valence-electron chi connectivity index (χ0n) is 28.1. The molecule has 0 radical (unpaired) electrons. The van der Waals surface area contributed by atoms with Crippen molar-refractivity contribution in [2.75, 3.05) is 24.6 Å². The van der Waals surface area contributed by atoms with Crippen molar-refractivity contribution >= 4 is 23.9 Å². The fourth-order valence-corrected chi connectivity index (χ4v) is 6.12. The van der Waals surface area contributed by atoms with Gasteiger partial charge in [0.1, 0.15) is 24.3 Å². The molecule has 3 amide bonds. The smallest absolute Gasteiger partial charge is 0.415 e. The van der Waals surface area contributed by atoms with Gasteiger partial charge in [-0.15, -0.1) is 0 Å². The van der Waals surface area contributed by atoms with Gasteiger partial charge in [0.05, 0.1) is 19.2 Å². The SMILES string of the molecule is Cc1cc2cc(n1)N(C(=O)OCc1ccccc1)CCCOc1cccc(c1)C[C@@H]([C@H]1CN(Cc3cccc(C(C)C)c3)C(=O)O1)NC2=O. The van der Waals surface area contributed by atoms with Gasteiger partial charge in [-0.3, -0.25) is 9.69 Å². The largest absolute Gasteiger partial charge is 0.494 e. The van der Waals surface area contributed by atoms with E-state index in [1.807, 2.05) is 66.7 Å². The summed E-state index contributed by atoms with van der Waals surface area (Å²) in [5.74, 6) is 0.972. The molecule has 3 heterocycles. The molecular formula is C39H42N4O6. The first-order chi connectivity index (χ1) is 23.7. The van der Waals surface area contributed by atoms with Crippen molar-refractivity contribution in [3.63, 3.8) is 0 Å². The van der Waals surface area contributed by atoms with Crippen LogP contribution in [0.5, 0.6) is 5.75 Å². The molecular weight excluding hydrogens is 620 g/mol. The van der Waals surface area contributed by atoms with Crippen LogP contribution in [-0.4, -0.2) is 59.8 Å². The second-order valence-electron chi connectivity index (χ2n) is 12.9. The number of aromatic nitrogens is 1. The minimum Gasteiger partial charge on any atom is -0.494 e. The Morgan fingerprint density at radius 1 is 0.980 bits per heavy atom. The molecule has 1 fully saturated rings. The summed E-state index contributed by atoms with van der Waals surface area (Å²) >= 11 is 0. The molecule has 1 N–H and O–H groups in total. The number of benzene rings is 3. The van der Waals surface area contributed by atoms with Gasteiger partial charge < -0.3 is 24.4 Å². The van der Waals surface area contributed by atoms with Crippen LogP contribution >= 0.6 is 0 Å². The average Bonchev–Trinajstić information content (AvgIpc) is 3.46. The zero-order valence-corrected chi connectivity index (χ0v) is 28.1. The van der Waals surface area contributed by atoms with Crippen molar-refractivity contribution in [2.45, 2.75) is 64.8 Å². The number of hydrogen-bond acceptors (Lipinski definition) is 7. The lowest BCUT2D eigenvalue weighted by molar-refractivity contribution is 0.0837. The average molecular weight is 663 g/mol. The van der Waals surface area contributed by atoms with Crippen LogP contribution in [0.1, 0.15) is 64.5 Å². The highest BCUT2D eigenvalue weighted by atomic mass is 16.6. The summed E-state index contributed by atoms with van der Waals surface area (Å²) in [6.07, 6.45) is -0.690. The molecule has 2 atom stereocenters. The van der Waals surface area contributed by atoms with Gasteiger partial charge in [-0.05, 0) is 72.2 Å². The number of aryl methyl sites for hydroxylation is 1. The Bertz CT molecular complexity index is 1800. The molecule has 10 nitrogen and oxygen atoms in total. The first-order valence-corrected chi connectivity index (χ1v) is 16.8. The molecule has 0 unspecified atom stereocenters. The molecule has 0 spiro atoms. The van der Waals surface area contributed by atoms with Crippen molar-refractivity contribution in [1.82, 2.24) is 15.2 Å². The number of pyridine rings is 1. The van der Waals surface area contributed by atoms with Crippen LogP contribution in [0.3, 0.4) is 0 Å². The molecule has 0 saturated carbocycles. The van der Waals surface area contributed by atoms with E-state index in [4.69, 9.17) is 14.2 Å². The lowest BCUT2D eigenvalue weighted by Crippen LogP contribution is -2.46. The third kappa shape index (κ3) is 8.56. The van der Waals surface area contributed by atoms with Crippen LogP contribution in [0.25, 0.3) is 0 Å². The second kappa shape index (κ2) is 15.2. The Labute approximate surface area is 287 Å². The van der Waals surface area contributed by atoms with Crippen molar-refractivity contribution in [2.24, 2.45) is 0 Å². The van der Waals surface area contributed by atoms with E-state index >= 15 is 0 Å². The van der Waals surface area contributed by atoms with Crippen molar-refractivity contribution in [3.8, 4) is 5.75 Å². The van der Waals surface area contributed by atoms with E-state index in [0.29, 0.717) is 61.3 Å². The van der Waals surface area contributed by atoms with E-state index in [1.54, 1.807) is 24.0 Å². The van der Waals surface area contributed by atoms with Crippen molar-refractivity contribution < 1.29 is 28.6 Å². The fourth-order valence-electron chi connectivity index (χ4n) is 6.12. The maximum absolute atomic E-state index is 13.9. The number of anilines is 1. The van der Waals surface area contributed by atoms with E-state index < -0.39 is 24.3 Å². The number of carbonyl (C=O) groups excluding carboxylic acids is 3. The minimum absolute atomic E-state index is 0.0978. The number of hydrogen-bond donors (Lipinski definition) is 1. The number of ether oxygens (including phenoxy) is 3. The predicted molar refractivity (Wildman–Crippen MR) is 186 cm³/mol. The van der Waals surface area contributed by atoms with Gasteiger partial charge in [-0.25, -0.2) is 14.6 Å². The van der Waals surface area contributed by atoms with Gasteiger partial charge in [0.15, 0.2) is 0 Å². The number of amides is 3. The van der Waals surface area contributed by atoms with Crippen LogP contribution in [-0.2, 0) is 29.0 Å². The Morgan fingerprint density at radius 2 is 1.78 bits per heavy atom. The first-order valence-electron chi connectivity index (χ1n) is 16.8. The Kier molecular flexibility index (Phi) is 10.4. The summed E-state index contributed by atoms with van der Waals surface area (Å²) in [6, 6.07) is 28.1. The third-order valence-corrected chi connectivity index (χ3v) is 8.72. The maximum atomic E-state index is 13.9. The number of fused-ring (bicyclic) bond motifs is 4.